The van der Waals surface area contributed by atoms with Crippen LogP contribution in [0, 0.1) is 0 Å². The number of hydrogen-bond acceptors (Lipinski definition) is 3. The van der Waals surface area contributed by atoms with Crippen LogP contribution in [0.1, 0.15) is 29.6 Å². The van der Waals surface area contributed by atoms with Crippen LogP contribution < -0.4 is 10.6 Å². The van der Waals surface area contributed by atoms with Crippen LogP contribution in [0.5, 0.6) is 0 Å². The predicted octanol–water partition coefficient (Wildman–Crippen LogP) is 1.13. The van der Waals surface area contributed by atoms with E-state index in [4.69, 9.17) is 0 Å². The van der Waals surface area contributed by atoms with Crippen molar-refractivity contribution in [2.24, 2.45) is 0 Å². The Labute approximate surface area is 107 Å². The fourth-order valence-electron chi connectivity index (χ4n) is 2.12. The molecule has 1 amide bonds. The second kappa shape index (κ2) is 6.31. The van der Waals surface area contributed by atoms with Crippen LogP contribution in [0.25, 0.3) is 0 Å². The van der Waals surface area contributed by atoms with Gasteiger partial charge in [-0.2, -0.15) is 0 Å². The number of nitrogens with one attached hydrogen (secondary N) is 2. The molecule has 0 atom stereocenters. The normalized spacial score (nSPS) is 16.2. The van der Waals surface area contributed by atoms with Crippen molar-refractivity contribution in [3.05, 3.63) is 35.9 Å². The molecule has 0 saturated carbocycles. The van der Waals surface area contributed by atoms with E-state index in [9.17, 15) is 9.59 Å². The molecule has 0 spiro atoms. The van der Waals surface area contributed by atoms with Gasteiger partial charge in [0.25, 0.3) is 0 Å². The fraction of sp³-hybridized carbons (Fsp3) is 0.429. The van der Waals surface area contributed by atoms with Crippen LogP contribution in [0.2, 0.25) is 0 Å². The molecule has 0 unspecified atom stereocenters. The van der Waals surface area contributed by atoms with Crippen molar-refractivity contribution >= 4 is 11.7 Å². The molecule has 1 aromatic carbocycles. The number of carbonyl (C=O) groups excluding carboxylic acids is 2. The van der Waals surface area contributed by atoms with E-state index >= 15 is 0 Å². The summed E-state index contributed by atoms with van der Waals surface area (Å²) in [4.78, 5) is 23.6. The summed E-state index contributed by atoms with van der Waals surface area (Å²) in [6.07, 6.45) is 1.81. The Balaban J connectivity index is 1.82. The van der Waals surface area contributed by atoms with Gasteiger partial charge >= 0.3 is 0 Å². The predicted molar refractivity (Wildman–Crippen MR) is 69.4 cm³/mol. The molecular formula is C14H18N2O2. The number of hydrogen-bond donors (Lipinski definition) is 2. The molecule has 0 aromatic heterocycles. The van der Waals surface area contributed by atoms with Crippen LogP contribution in [0.3, 0.4) is 0 Å². The number of rotatable bonds is 4. The SMILES string of the molecule is O=C(CC(=O)c1ccccc1)NC1CCNCC1. The lowest BCUT2D eigenvalue weighted by atomic mass is 10.1. The highest BCUT2D eigenvalue weighted by Crippen LogP contribution is 2.05. The molecule has 4 heteroatoms. The molecule has 18 heavy (non-hydrogen) atoms. The molecule has 1 aliphatic rings. The third-order valence-electron chi connectivity index (χ3n) is 3.12. The summed E-state index contributed by atoms with van der Waals surface area (Å²) >= 11 is 0. The van der Waals surface area contributed by atoms with Gasteiger partial charge in [0, 0.05) is 11.6 Å². The highest BCUT2D eigenvalue weighted by atomic mass is 16.2. The third-order valence-corrected chi connectivity index (χ3v) is 3.12. The largest absolute Gasteiger partial charge is 0.353 e. The standard InChI is InChI=1S/C14H18N2O2/c17-13(11-4-2-1-3-5-11)10-14(18)16-12-6-8-15-9-7-12/h1-5,12,15H,6-10H2,(H,16,18). The molecular weight excluding hydrogens is 228 g/mol. The lowest BCUT2D eigenvalue weighted by Crippen LogP contribution is -2.43. The van der Waals surface area contributed by atoms with E-state index in [1.54, 1.807) is 24.3 Å². The Morgan fingerprint density at radius 3 is 2.50 bits per heavy atom. The molecule has 0 bridgehead atoms. The molecule has 0 radical (unpaired) electrons. The molecule has 96 valence electrons. The summed E-state index contributed by atoms with van der Waals surface area (Å²) in [6, 6.07) is 9.14. The Bertz CT molecular complexity index is 411. The monoisotopic (exact) mass is 246 g/mol. The van der Waals surface area contributed by atoms with E-state index in [1.807, 2.05) is 6.07 Å². The Morgan fingerprint density at radius 1 is 1.17 bits per heavy atom. The van der Waals surface area contributed by atoms with E-state index in [0.717, 1.165) is 25.9 Å². The maximum atomic E-state index is 11.8. The average molecular weight is 246 g/mol. The highest BCUT2D eigenvalue weighted by molar-refractivity contribution is 6.07. The molecule has 2 N–H and O–H groups in total. The van der Waals surface area contributed by atoms with Gasteiger partial charge in [-0.25, -0.2) is 0 Å². The second-order valence-corrected chi connectivity index (χ2v) is 4.56. The number of ketones is 1. The first-order valence-corrected chi connectivity index (χ1v) is 6.34. The fourth-order valence-corrected chi connectivity index (χ4v) is 2.12. The number of amides is 1. The minimum Gasteiger partial charge on any atom is -0.353 e. The molecule has 1 aliphatic heterocycles. The number of piperidine rings is 1. The first kappa shape index (κ1) is 12.8. The van der Waals surface area contributed by atoms with Crippen LogP contribution in [0.4, 0.5) is 0 Å². The second-order valence-electron chi connectivity index (χ2n) is 4.56. The van der Waals surface area contributed by atoms with Crippen molar-refractivity contribution in [1.82, 2.24) is 10.6 Å². The highest BCUT2D eigenvalue weighted by Gasteiger charge is 2.17. The maximum absolute atomic E-state index is 11.8. The maximum Gasteiger partial charge on any atom is 0.228 e. The molecule has 4 nitrogen and oxygen atoms in total. The van der Waals surface area contributed by atoms with Gasteiger partial charge in [-0.1, -0.05) is 30.3 Å². The lowest BCUT2D eigenvalue weighted by Gasteiger charge is -2.23. The van der Waals surface area contributed by atoms with Crippen LogP contribution in [0.15, 0.2) is 30.3 Å². The first-order chi connectivity index (χ1) is 8.75. The van der Waals surface area contributed by atoms with Gasteiger partial charge in [-0.05, 0) is 25.9 Å². The van der Waals surface area contributed by atoms with E-state index in [1.165, 1.54) is 0 Å². The van der Waals surface area contributed by atoms with Crippen molar-refractivity contribution in [2.45, 2.75) is 25.3 Å². The van der Waals surface area contributed by atoms with Gasteiger partial charge in [0.15, 0.2) is 5.78 Å². The summed E-state index contributed by atoms with van der Waals surface area (Å²) in [7, 11) is 0. The number of benzene rings is 1. The van der Waals surface area contributed by atoms with Crippen molar-refractivity contribution in [1.29, 1.82) is 0 Å². The van der Waals surface area contributed by atoms with Gasteiger partial charge < -0.3 is 10.6 Å². The molecule has 1 fully saturated rings. The summed E-state index contributed by atoms with van der Waals surface area (Å²) in [5.74, 6) is -0.294. The van der Waals surface area contributed by atoms with Crippen LogP contribution in [-0.2, 0) is 4.79 Å². The zero-order valence-electron chi connectivity index (χ0n) is 10.3. The van der Waals surface area contributed by atoms with Gasteiger partial charge in [0.2, 0.25) is 5.91 Å². The van der Waals surface area contributed by atoms with E-state index < -0.39 is 0 Å². The summed E-state index contributed by atoms with van der Waals surface area (Å²) in [6.45, 7) is 1.86. The topological polar surface area (TPSA) is 58.2 Å². The summed E-state index contributed by atoms with van der Waals surface area (Å²) in [5.41, 5.74) is 0.595. The Kier molecular flexibility index (Phi) is 4.47. The quantitative estimate of drug-likeness (QED) is 0.618. The van der Waals surface area contributed by atoms with Crippen molar-refractivity contribution in [3.63, 3.8) is 0 Å². The van der Waals surface area contributed by atoms with Crippen molar-refractivity contribution in [3.8, 4) is 0 Å². The van der Waals surface area contributed by atoms with Crippen molar-refractivity contribution in [2.75, 3.05) is 13.1 Å². The Morgan fingerprint density at radius 2 is 1.83 bits per heavy atom. The zero-order valence-corrected chi connectivity index (χ0v) is 10.3. The van der Waals surface area contributed by atoms with Gasteiger partial charge in [-0.15, -0.1) is 0 Å². The minimum atomic E-state index is -0.171. The summed E-state index contributed by atoms with van der Waals surface area (Å²) in [5, 5.41) is 6.16. The van der Waals surface area contributed by atoms with Gasteiger partial charge in [-0.3, -0.25) is 9.59 Å². The van der Waals surface area contributed by atoms with E-state index in [0.29, 0.717) is 5.56 Å². The van der Waals surface area contributed by atoms with E-state index in [2.05, 4.69) is 10.6 Å². The minimum absolute atomic E-state index is 0.0616. The number of carbonyl (C=O) groups is 2. The molecule has 1 heterocycles. The summed E-state index contributed by atoms with van der Waals surface area (Å²) < 4.78 is 0. The van der Waals surface area contributed by atoms with Gasteiger partial charge in [0.1, 0.15) is 0 Å². The molecule has 0 aliphatic carbocycles. The molecule has 2 rings (SSSR count). The molecule has 1 aromatic rings. The average Bonchev–Trinajstić information content (AvgIpc) is 2.40. The number of Topliss-reactive ketones (excluding diaryl/α,β-unsaturated/α-hetero) is 1. The third kappa shape index (κ3) is 3.67. The van der Waals surface area contributed by atoms with Crippen LogP contribution in [-0.4, -0.2) is 30.8 Å². The first-order valence-electron chi connectivity index (χ1n) is 6.34. The van der Waals surface area contributed by atoms with Gasteiger partial charge in [0.05, 0.1) is 6.42 Å². The van der Waals surface area contributed by atoms with Crippen molar-refractivity contribution < 1.29 is 9.59 Å². The lowest BCUT2D eigenvalue weighted by molar-refractivity contribution is -0.121. The smallest absolute Gasteiger partial charge is 0.228 e. The zero-order chi connectivity index (χ0) is 12.8. The van der Waals surface area contributed by atoms with Crippen LogP contribution >= 0.6 is 0 Å². The molecule has 1 saturated heterocycles. The van der Waals surface area contributed by atoms with E-state index in [-0.39, 0.29) is 24.2 Å². The Hall–Kier alpha value is -1.68.